The molecule has 1 saturated heterocycles. The van der Waals surface area contributed by atoms with Gasteiger partial charge in [-0.25, -0.2) is 0 Å². The Bertz CT molecular complexity index is 1170. The van der Waals surface area contributed by atoms with Gasteiger partial charge in [0, 0.05) is 56.0 Å². The monoisotopic (exact) mass is 476 g/mol. The highest BCUT2D eigenvalue weighted by Gasteiger charge is 2.53. The highest BCUT2D eigenvalue weighted by Crippen LogP contribution is 2.43. The van der Waals surface area contributed by atoms with Gasteiger partial charge in [-0.1, -0.05) is 25.1 Å². The van der Waals surface area contributed by atoms with E-state index in [2.05, 4.69) is 21.7 Å². The summed E-state index contributed by atoms with van der Waals surface area (Å²) in [5, 5.41) is 6.36. The molecular weight excluding hydrogens is 444 g/mol. The second kappa shape index (κ2) is 9.82. The third-order valence-electron chi connectivity index (χ3n) is 6.68. The van der Waals surface area contributed by atoms with Crippen LogP contribution in [0, 0.1) is 0 Å². The molecule has 1 fully saturated rings. The summed E-state index contributed by atoms with van der Waals surface area (Å²) in [5.74, 6) is 1.70. The molecule has 2 aromatic rings. The van der Waals surface area contributed by atoms with E-state index in [0.717, 1.165) is 22.6 Å². The second-order valence-corrected chi connectivity index (χ2v) is 8.82. The van der Waals surface area contributed by atoms with Gasteiger partial charge in [-0.15, -0.1) is 0 Å². The predicted molar refractivity (Wildman–Crippen MR) is 138 cm³/mol. The van der Waals surface area contributed by atoms with Gasteiger partial charge in [-0.2, -0.15) is 0 Å². The lowest BCUT2D eigenvalue weighted by Gasteiger charge is -2.35. The minimum Gasteiger partial charge on any atom is -0.497 e. The van der Waals surface area contributed by atoms with Gasteiger partial charge in [0.15, 0.2) is 5.78 Å². The molecule has 4 rings (SSSR count). The third kappa shape index (κ3) is 4.36. The molecule has 1 amide bonds. The fourth-order valence-corrected chi connectivity index (χ4v) is 4.77. The number of carbonyl (C=O) groups is 2. The van der Waals surface area contributed by atoms with Crippen molar-refractivity contribution in [3.63, 3.8) is 0 Å². The van der Waals surface area contributed by atoms with Crippen molar-refractivity contribution in [2.75, 3.05) is 38.0 Å². The standard InChI is InChI=1S/C27H32N4O4/c1-6-23(32)29-12-11-27(2)25(33)24(22-13-17-9-7-8-10-21(17)30-22)26(28-3)31(27)18-14-19(34-4)16-20(15-18)35-5/h7-10,14-16,30H,6,11-13H2,1-5H3,(H,29,32). The number of anilines is 2. The van der Waals surface area contributed by atoms with Crippen LogP contribution in [0.2, 0.25) is 0 Å². The SMILES string of the molecule is CCC(=O)NCCC1(C)C(=O)C(=C2Cc3ccccc3N2)C(=NC)N1c1cc(OC)cc(OC)c1. The third-order valence-corrected chi connectivity index (χ3v) is 6.68. The topological polar surface area (TPSA) is 92.3 Å². The number of benzene rings is 2. The summed E-state index contributed by atoms with van der Waals surface area (Å²) in [7, 11) is 4.88. The van der Waals surface area contributed by atoms with Crippen molar-refractivity contribution < 1.29 is 19.1 Å². The quantitative estimate of drug-likeness (QED) is 0.592. The van der Waals surface area contributed by atoms with E-state index in [4.69, 9.17) is 9.47 Å². The fraction of sp³-hybridized carbons (Fsp3) is 0.370. The molecule has 2 aliphatic rings. The van der Waals surface area contributed by atoms with E-state index in [-0.39, 0.29) is 11.7 Å². The van der Waals surface area contributed by atoms with Crippen molar-refractivity contribution in [1.82, 2.24) is 5.32 Å². The molecule has 35 heavy (non-hydrogen) atoms. The van der Waals surface area contributed by atoms with Crippen molar-refractivity contribution in [2.24, 2.45) is 4.99 Å². The number of allylic oxidation sites excluding steroid dienone is 1. The van der Waals surface area contributed by atoms with Gasteiger partial charge < -0.3 is 25.0 Å². The molecule has 2 aliphatic heterocycles. The van der Waals surface area contributed by atoms with Gasteiger partial charge in [0.05, 0.1) is 25.5 Å². The second-order valence-electron chi connectivity index (χ2n) is 8.82. The van der Waals surface area contributed by atoms with E-state index in [9.17, 15) is 9.59 Å². The van der Waals surface area contributed by atoms with Crippen LogP contribution in [0.3, 0.4) is 0 Å². The molecule has 2 heterocycles. The van der Waals surface area contributed by atoms with Crippen LogP contribution in [-0.2, 0) is 16.0 Å². The van der Waals surface area contributed by atoms with Crippen LogP contribution in [-0.4, -0.2) is 50.9 Å². The Balaban J connectivity index is 1.84. The first kappa shape index (κ1) is 24.3. The number of amidine groups is 1. The molecule has 0 spiro atoms. The van der Waals surface area contributed by atoms with Crippen molar-refractivity contribution in [3.8, 4) is 11.5 Å². The lowest BCUT2D eigenvalue weighted by molar-refractivity contribution is -0.122. The molecule has 2 N–H and O–H groups in total. The summed E-state index contributed by atoms with van der Waals surface area (Å²) in [6.07, 6.45) is 1.41. The lowest BCUT2D eigenvalue weighted by Crippen LogP contribution is -2.49. The Morgan fingerprint density at radius 2 is 1.86 bits per heavy atom. The van der Waals surface area contributed by atoms with Crippen LogP contribution in [0.5, 0.6) is 11.5 Å². The maximum Gasteiger partial charge on any atom is 0.219 e. The number of ether oxygens (including phenoxy) is 2. The number of nitrogens with one attached hydrogen (secondary N) is 2. The zero-order valence-corrected chi connectivity index (χ0v) is 20.9. The Morgan fingerprint density at radius 1 is 1.17 bits per heavy atom. The van der Waals surface area contributed by atoms with Crippen molar-refractivity contribution in [3.05, 3.63) is 59.3 Å². The number of methoxy groups -OCH3 is 2. The van der Waals surface area contributed by atoms with E-state index >= 15 is 0 Å². The number of para-hydroxylation sites is 1. The number of fused-ring (bicyclic) bond motifs is 1. The molecule has 1 unspecified atom stereocenters. The van der Waals surface area contributed by atoms with Crippen LogP contribution in [0.25, 0.3) is 0 Å². The van der Waals surface area contributed by atoms with Crippen LogP contribution >= 0.6 is 0 Å². The number of Topliss-reactive ketones (excluding diaryl/α,β-unsaturated/α-hetero) is 1. The number of aliphatic imine (C=N–C) groups is 1. The average Bonchev–Trinajstić information content (AvgIpc) is 3.39. The molecule has 0 aromatic heterocycles. The molecule has 2 aromatic carbocycles. The van der Waals surface area contributed by atoms with Crippen LogP contribution in [0.15, 0.2) is 58.7 Å². The number of ketones is 1. The minimum atomic E-state index is -0.980. The molecular formula is C27H32N4O4. The fourth-order valence-electron chi connectivity index (χ4n) is 4.77. The Hall–Kier alpha value is -3.81. The normalized spacial score (nSPS) is 22.3. The maximum atomic E-state index is 14.2. The highest BCUT2D eigenvalue weighted by atomic mass is 16.5. The molecule has 8 nitrogen and oxygen atoms in total. The smallest absolute Gasteiger partial charge is 0.219 e. The minimum absolute atomic E-state index is 0.0408. The summed E-state index contributed by atoms with van der Waals surface area (Å²) in [5.41, 5.74) is 3.28. The summed E-state index contributed by atoms with van der Waals surface area (Å²) in [4.78, 5) is 32.7. The zero-order valence-electron chi connectivity index (χ0n) is 20.9. The van der Waals surface area contributed by atoms with Crippen LogP contribution in [0.1, 0.15) is 32.3 Å². The van der Waals surface area contributed by atoms with Crippen molar-refractivity contribution >= 4 is 28.9 Å². The number of hydrogen-bond donors (Lipinski definition) is 2. The van der Waals surface area contributed by atoms with Gasteiger partial charge in [-0.3, -0.25) is 14.6 Å². The first-order chi connectivity index (χ1) is 16.9. The number of nitrogens with zero attached hydrogens (tertiary/aromatic N) is 2. The van der Waals surface area contributed by atoms with Gasteiger partial charge in [0.25, 0.3) is 0 Å². The van der Waals surface area contributed by atoms with E-state index in [1.54, 1.807) is 34.3 Å². The van der Waals surface area contributed by atoms with Gasteiger partial charge in [0.2, 0.25) is 5.91 Å². The first-order valence-corrected chi connectivity index (χ1v) is 11.8. The van der Waals surface area contributed by atoms with Gasteiger partial charge in [-0.05, 0) is 25.0 Å². The van der Waals surface area contributed by atoms with Crippen molar-refractivity contribution in [2.45, 2.75) is 38.6 Å². The summed E-state index contributed by atoms with van der Waals surface area (Å²) in [6, 6.07) is 13.6. The molecule has 1 atom stereocenters. The number of rotatable bonds is 7. The first-order valence-electron chi connectivity index (χ1n) is 11.8. The van der Waals surface area contributed by atoms with E-state index < -0.39 is 5.54 Å². The van der Waals surface area contributed by atoms with Gasteiger partial charge >= 0.3 is 0 Å². The Labute approximate surface area is 206 Å². The summed E-state index contributed by atoms with van der Waals surface area (Å²) in [6.45, 7) is 4.07. The Kier molecular flexibility index (Phi) is 6.82. The molecule has 0 bridgehead atoms. The molecule has 0 aliphatic carbocycles. The van der Waals surface area contributed by atoms with E-state index in [0.29, 0.717) is 48.7 Å². The summed E-state index contributed by atoms with van der Waals surface area (Å²) < 4.78 is 11.0. The highest BCUT2D eigenvalue weighted by molar-refractivity contribution is 6.37. The van der Waals surface area contributed by atoms with Crippen LogP contribution < -0.4 is 25.0 Å². The number of carbonyl (C=O) groups excluding carboxylic acids is 2. The van der Waals surface area contributed by atoms with Crippen molar-refractivity contribution in [1.29, 1.82) is 0 Å². The van der Waals surface area contributed by atoms with E-state index in [1.165, 1.54) is 0 Å². The largest absolute Gasteiger partial charge is 0.497 e. The number of hydrogen-bond acceptors (Lipinski definition) is 6. The maximum absolute atomic E-state index is 14.2. The van der Waals surface area contributed by atoms with E-state index in [1.807, 2.05) is 42.2 Å². The van der Waals surface area contributed by atoms with Crippen LogP contribution in [0.4, 0.5) is 11.4 Å². The molecule has 184 valence electrons. The zero-order chi connectivity index (χ0) is 25.2. The Morgan fingerprint density at radius 3 is 2.46 bits per heavy atom. The average molecular weight is 477 g/mol. The lowest BCUT2D eigenvalue weighted by atomic mass is 9.90. The summed E-state index contributed by atoms with van der Waals surface area (Å²) >= 11 is 0. The molecule has 0 saturated carbocycles. The molecule has 8 heteroatoms. The van der Waals surface area contributed by atoms with Gasteiger partial charge in [0.1, 0.15) is 22.9 Å². The number of amides is 1. The molecule has 0 radical (unpaired) electrons. The predicted octanol–water partition coefficient (Wildman–Crippen LogP) is 3.72.